The number of nitrogens with zero attached hydrogens (tertiary/aromatic N) is 1. The minimum Gasteiger partial charge on any atom is -0.370 e. The van der Waals surface area contributed by atoms with Crippen LogP contribution >= 0.6 is 0 Å². The van der Waals surface area contributed by atoms with Crippen molar-refractivity contribution in [1.82, 2.24) is 5.32 Å². The molecule has 0 bridgehead atoms. The van der Waals surface area contributed by atoms with Crippen molar-refractivity contribution in [2.75, 3.05) is 24.5 Å². The van der Waals surface area contributed by atoms with Crippen LogP contribution in [-0.4, -0.2) is 25.2 Å². The Bertz CT molecular complexity index is 381. The first kappa shape index (κ1) is 12.4. The first-order valence-electron chi connectivity index (χ1n) is 6.23. The molecule has 1 heterocycles. The summed E-state index contributed by atoms with van der Waals surface area (Å²) in [5, 5.41) is 3.51. The lowest BCUT2D eigenvalue weighted by Gasteiger charge is -2.31. The Morgan fingerprint density at radius 1 is 1.29 bits per heavy atom. The monoisotopic (exact) mass is 236 g/mol. The molecule has 1 aromatic rings. The van der Waals surface area contributed by atoms with Crippen molar-refractivity contribution in [2.24, 2.45) is 0 Å². The highest BCUT2D eigenvalue weighted by Gasteiger charge is 2.24. The van der Waals surface area contributed by atoms with E-state index in [1.54, 1.807) is 12.1 Å². The van der Waals surface area contributed by atoms with E-state index in [4.69, 9.17) is 0 Å². The van der Waals surface area contributed by atoms with E-state index in [0.717, 1.165) is 37.3 Å². The molecule has 0 unspecified atom stereocenters. The van der Waals surface area contributed by atoms with Gasteiger partial charge in [0.1, 0.15) is 5.82 Å². The van der Waals surface area contributed by atoms with Gasteiger partial charge in [0.2, 0.25) is 0 Å². The molecule has 1 N–H and O–H groups in total. The van der Waals surface area contributed by atoms with Gasteiger partial charge in [-0.2, -0.15) is 0 Å². The molecule has 0 aliphatic carbocycles. The van der Waals surface area contributed by atoms with Crippen LogP contribution < -0.4 is 10.2 Å². The summed E-state index contributed by atoms with van der Waals surface area (Å²) in [6.07, 6.45) is 1.10. The molecule has 0 radical (unpaired) electrons. The third kappa shape index (κ3) is 3.19. The van der Waals surface area contributed by atoms with E-state index in [-0.39, 0.29) is 11.4 Å². The van der Waals surface area contributed by atoms with Gasteiger partial charge in [-0.3, -0.25) is 0 Å². The third-order valence-corrected chi connectivity index (χ3v) is 3.19. The molecule has 0 spiro atoms. The lowest BCUT2D eigenvalue weighted by Crippen LogP contribution is -2.46. The summed E-state index contributed by atoms with van der Waals surface area (Å²) in [6, 6.07) is 5.27. The molecule has 1 aliphatic heterocycles. The number of aryl methyl sites for hydroxylation is 1. The fourth-order valence-corrected chi connectivity index (χ4v) is 2.43. The topological polar surface area (TPSA) is 15.3 Å². The van der Waals surface area contributed by atoms with Crippen LogP contribution in [0.5, 0.6) is 0 Å². The van der Waals surface area contributed by atoms with Crippen LogP contribution in [0.3, 0.4) is 0 Å². The average molecular weight is 236 g/mol. The van der Waals surface area contributed by atoms with Gasteiger partial charge in [-0.15, -0.1) is 0 Å². The maximum atomic E-state index is 13.4. The Hall–Kier alpha value is -1.09. The number of benzene rings is 1. The van der Waals surface area contributed by atoms with Crippen molar-refractivity contribution in [2.45, 2.75) is 32.7 Å². The Kier molecular flexibility index (Phi) is 3.38. The fourth-order valence-electron chi connectivity index (χ4n) is 2.43. The van der Waals surface area contributed by atoms with E-state index in [9.17, 15) is 4.39 Å². The number of halogens is 1. The molecule has 3 heteroatoms. The van der Waals surface area contributed by atoms with Crippen LogP contribution in [0.1, 0.15) is 25.8 Å². The fraction of sp³-hybridized carbons (Fsp3) is 0.571. The largest absolute Gasteiger partial charge is 0.370 e. The standard InChI is InChI=1S/C14H21FN2/c1-11-7-12(15)9-13(8-11)17-6-4-5-16-14(2,3)10-17/h7-9,16H,4-6,10H2,1-3H3. The number of anilines is 1. The Labute approximate surface area is 103 Å². The lowest BCUT2D eigenvalue weighted by atomic mass is 10.1. The summed E-state index contributed by atoms with van der Waals surface area (Å²) in [5.41, 5.74) is 2.06. The minimum atomic E-state index is -0.144. The number of rotatable bonds is 1. The first-order valence-corrected chi connectivity index (χ1v) is 6.23. The zero-order valence-corrected chi connectivity index (χ0v) is 10.9. The highest BCUT2D eigenvalue weighted by atomic mass is 19.1. The van der Waals surface area contributed by atoms with Gasteiger partial charge in [0.25, 0.3) is 0 Å². The number of hydrogen-bond donors (Lipinski definition) is 1. The molecular weight excluding hydrogens is 215 g/mol. The summed E-state index contributed by atoms with van der Waals surface area (Å²) in [4.78, 5) is 2.27. The van der Waals surface area contributed by atoms with Gasteiger partial charge < -0.3 is 10.2 Å². The number of hydrogen-bond acceptors (Lipinski definition) is 2. The molecule has 94 valence electrons. The van der Waals surface area contributed by atoms with E-state index in [1.807, 2.05) is 6.92 Å². The van der Waals surface area contributed by atoms with E-state index < -0.39 is 0 Å². The average Bonchev–Trinajstić information content (AvgIpc) is 2.37. The van der Waals surface area contributed by atoms with Crippen LogP contribution in [-0.2, 0) is 0 Å². The minimum absolute atomic E-state index is 0.0801. The Morgan fingerprint density at radius 3 is 2.76 bits per heavy atom. The summed E-state index contributed by atoms with van der Waals surface area (Å²) in [7, 11) is 0. The number of nitrogens with one attached hydrogen (secondary N) is 1. The molecule has 0 saturated carbocycles. The summed E-state index contributed by atoms with van der Waals surface area (Å²) < 4.78 is 13.4. The normalized spacial score (nSPS) is 20.1. The second kappa shape index (κ2) is 4.65. The van der Waals surface area contributed by atoms with Crippen molar-refractivity contribution < 1.29 is 4.39 Å². The molecule has 1 aromatic carbocycles. The second-order valence-corrected chi connectivity index (χ2v) is 5.57. The molecule has 0 aromatic heterocycles. The maximum absolute atomic E-state index is 13.4. The Morgan fingerprint density at radius 2 is 2.06 bits per heavy atom. The van der Waals surface area contributed by atoms with Gasteiger partial charge >= 0.3 is 0 Å². The van der Waals surface area contributed by atoms with E-state index in [1.165, 1.54) is 0 Å². The van der Waals surface area contributed by atoms with Crippen molar-refractivity contribution in [3.05, 3.63) is 29.6 Å². The summed E-state index contributed by atoms with van der Waals surface area (Å²) in [5.74, 6) is -0.144. The van der Waals surface area contributed by atoms with Crippen LogP contribution in [0.25, 0.3) is 0 Å². The van der Waals surface area contributed by atoms with Crippen LogP contribution in [0.4, 0.5) is 10.1 Å². The van der Waals surface area contributed by atoms with Crippen molar-refractivity contribution in [1.29, 1.82) is 0 Å². The van der Waals surface area contributed by atoms with Crippen molar-refractivity contribution in [3.63, 3.8) is 0 Å². The summed E-state index contributed by atoms with van der Waals surface area (Å²) in [6.45, 7) is 9.25. The van der Waals surface area contributed by atoms with Gasteiger partial charge in [0.15, 0.2) is 0 Å². The molecule has 1 aliphatic rings. The van der Waals surface area contributed by atoms with Crippen molar-refractivity contribution in [3.8, 4) is 0 Å². The van der Waals surface area contributed by atoms with E-state index >= 15 is 0 Å². The molecule has 2 nitrogen and oxygen atoms in total. The smallest absolute Gasteiger partial charge is 0.125 e. The molecule has 17 heavy (non-hydrogen) atoms. The third-order valence-electron chi connectivity index (χ3n) is 3.19. The molecule has 1 fully saturated rings. The first-order chi connectivity index (χ1) is 7.96. The van der Waals surface area contributed by atoms with Crippen LogP contribution in [0, 0.1) is 12.7 Å². The van der Waals surface area contributed by atoms with Gasteiger partial charge in [0, 0.05) is 24.3 Å². The zero-order valence-electron chi connectivity index (χ0n) is 10.9. The maximum Gasteiger partial charge on any atom is 0.125 e. The second-order valence-electron chi connectivity index (χ2n) is 5.57. The summed E-state index contributed by atoms with van der Waals surface area (Å²) >= 11 is 0. The van der Waals surface area contributed by atoms with E-state index in [2.05, 4.69) is 30.1 Å². The van der Waals surface area contributed by atoms with Gasteiger partial charge in [0.05, 0.1) is 0 Å². The highest BCUT2D eigenvalue weighted by Crippen LogP contribution is 2.22. The van der Waals surface area contributed by atoms with Gasteiger partial charge in [-0.1, -0.05) is 0 Å². The zero-order chi connectivity index (χ0) is 12.5. The molecule has 2 rings (SSSR count). The SMILES string of the molecule is Cc1cc(F)cc(N2CCCNC(C)(C)C2)c1. The molecule has 0 atom stereocenters. The van der Waals surface area contributed by atoms with Gasteiger partial charge in [-0.05, 0) is 57.5 Å². The predicted molar refractivity (Wildman–Crippen MR) is 70.0 cm³/mol. The highest BCUT2D eigenvalue weighted by molar-refractivity contribution is 5.49. The Balaban J connectivity index is 2.25. The van der Waals surface area contributed by atoms with E-state index in [0.29, 0.717) is 0 Å². The molecule has 1 saturated heterocycles. The molecular formula is C14H21FN2. The molecule has 0 amide bonds. The van der Waals surface area contributed by atoms with Crippen LogP contribution in [0.2, 0.25) is 0 Å². The quantitative estimate of drug-likeness (QED) is 0.806. The van der Waals surface area contributed by atoms with Gasteiger partial charge in [-0.25, -0.2) is 4.39 Å². The predicted octanol–water partition coefficient (Wildman–Crippen LogP) is 2.71. The van der Waals surface area contributed by atoms with Crippen LogP contribution in [0.15, 0.2) is 18.2 Å². The lowest BCUT2D eigenvalue weighted by molar-refractivity contribution is 0.416. The van der Waals surface area contributed by atoms with Crippen molar-refractivity contribution >= 4 is 5.69 Å².